The van der Waals surface area contributed by atoms with Crippen molar-refractivity contribution < 1.29 is 18.8 Å². The molecule has 0 radical (unpaired) electrons. The van der Waals surface area contributed by atoms with E-state index in [4.69, 9.17) is 4.42 Å². The van der Waals surface area contributed by atoms with Crippen molar-refractivity contribution >= 4 is 17.6 Å². The second-order valence-electron chi connectivity index (χ2n) is 5.98. The molecule has 0 atom stereocenters. The molecule has 6 heteroatoms. The maximum absolute atomic E-state index is 12.7. The van der Waals surface area contributed by atoms with Crippen LogP contribution in [-0.4, -0.2) is 17.6 Å². The lowest BCUT2D eigenvalue weighted by Crippen LogP contribution is -2.42. The van der Waals surface area contributed by atoms with Gasteiger partial charge in [0.15, 0.2) is 5.78 Å². The molecule has 2 amide bonds. The van der Waals surface area contributed by atoms with E-state index < -0.39 is 11.8 Å². The third kappa shape index (κ3) is 3.95. The van der Waals surface area contributed by atoms with Crippen molar-refractivity contribution in [3.8, 4) is 0 Å². The molecule has 2 aromatic carbocycles. The summed E-state index contributed by atoms with van der Waals surface area (Å²) in [5.41, 5.74) is 5.94. The highest BCUT2D eigenvalue weighted by Gasteiger charge is 2.19. The van der Waals surface area contributed by atoms with Gasteiger partial charge in [-0.2, -0.15) is 0 Å². The molecule has 6 nitrogen and oxygen atoms in total. The van der Waals surface area contributed by atoms with E-state index in [0.29, 0.717) is 22.6 Å². The zero-order chi connectivity index (χ0) is 19.4. The summed E-state index contributed by atoms with van der Waals surface area (Å²) in [6, 6.07) is 16.7. The van der Waals surface area contributed by atoms with Crippen LogP contribution in [0.1, 0.15) is 48.2 Å². The molecule has 0 unspecified atom stereocenters. The predicted octanol–water partition coefficient (Wildman–Crippen LogP) is 3.20. The molecule has 1 heterocycles. The van der Waals surface area contributed by atoms with Crippen LogP contribution in [0.2, 0.25) is 0 Å². The number of ketones is 1. The topological polar surface area (TPSA) is 88.4 Å². The lowest BCUT2D eigenvalue weighted by atomic mass is 9.98. The molecular weight excluding hydrogens is 344 g/mol. The van der Waals surface area contributed by atoms with E-state index in [2.05, 4.69) is 10.9 Å². The average Bonchev–Trinajstić information content (AvgIpc) is 3.04. The Morgan fingerprint density at radius 2 is 1.30 bits per heavy atom. The van der Waals surface area contributed by atoms with Gasteiger partial charge < -0.3 is 4.42 Å². The van der Waals surface area contributed by atoms with Crippen molar-refractivity contribution in [2.24, 2.45) is 0 Å². The number of aryl methyl sites for hydroxylation is 2. The van der Waals surface area contributed by atoms with Crippen LogP contribution < -0.4 is 10.9 Å². The monoisotopic (exact) mass is 362 g/mol. The second kappa shape index (κ2) is 7.70. The van der Waals surface area contributed by atoms with Crippen molar-refractivity contribution in [1.29, 1.82) is 0 Å². The fraction of sp³-hybridized carbons (Fsp3) is 0.0952. The van der Waals surface area contributed by atoms with Gasteiger partial charge in [0, 0.05) is 11.1 Å². The fourth-order valence-corrected chi connectivity index (χ4v) is 2.73. The van der Waals surface area contributed by atoms with E-state index in [9.17, 15) is 14.4 Å². The largest absolute Gasteiger partial charge is 0.466 e. The number of hydrogen-bond donors (Lipinski definition) is 2. The Balaban J connectivity index is 1.77. The lowest BCUT2D eigenvalue weighted by Gasteiger charge is -2.10. The van der Waals surface area contributed by atoms with E-state index >= 15 is 0 Å². The Labute approximate surface area is 156 Å². The molecule has 0 spiro atoms. The number of hydrogen-bond acceptors (Lipinski definition) is 4. The van der Waals surface area contributed by atoms with Crippen molar-refractivity contribution in [1.82, 2.24) is 10.9 Å². The molecule has 0 fully saturated rings. The maximum atomic E-state index is 12.7. The van der Waals surface area contributed by atoms with Gasteiger partial charge in [-0.25, -0.2) is 0 Å². The first-order valence-electron chi connectivity index (χ1n) is 8.34. The smallest absolute Gasteiger partial charge is 0.273 e. The number of hydrazine groups is 1. The van der Waals surface area contributed by atoms with Gasteiger partial charge in [-0.1, -0.05) is 48.5 Å². The summed E-state index contributed by atoms with van der Waals surface area (Å²) in [6.07, 6.45) is 0. The Morgan fingerprint density at radius 1 is 0.741 bits per heavy atom. The zero-order valence-corrected chi connectivity index (χ0v) is 14.9. The third-order valence-electron chi connectivity index (χ3n) is 4.03. The average molecular weight is 362 g/mol. The van der Waals surface area contributed by atoms with E-state index in [1.165, 1.54) is 6.07 Å². The number of benzene rings is 2. The Hall–Kier alpha value is -3.67. The van der Waals surface area contributed by atoms with Crippen LogP contribution in [-0.2, 0) is 0 Å². The van der Waals surface area contributed by atoms with Crippen LogP contribution in [0.25, 0.3) is 0 Å². The number of furan rings is 1. The molecule has 0 aliphatic rings. The predicted molar refractivity (Wildman–Crippen MR) is 99.4 cm³/mol. The van der Waals surface area contributed by atoms with Crippen LogP contribution in [0.15, 0.2) is 65.1 Å². The van der Waals surface area contributed by atoms with E-state index in [-0.39, 0.29) is 16.9 Å². The summed E-state index contributed by atoms with van der Waals surface area (Å²) in [4.78, 5) is 37.4. The zero-order valence-electron chi connectivity index (χ0n) is 14.9. The first-order chi connectivity index (χ1) is 13.0. The van der Waals surface area contributed by atoms with Crippen LogP contribution in [0.4, 0.5) is 0 Å². The highest BCUT2D eigenvalue weighted by atomic mass is 16.3. The number of carbonyl (C=O) groups is 3. The molecule has 1 aromatic heterocycles. The Kier molecular flexibility index (Phi) is 5.17. The van der Waals surface area contributed by atoms with Crippen molar-refractivity contribution in [3.05, 3.63) is 94.4 Å². The number of carbonyl (C=O) groups excluding carboxylic acids is 3. The van der Waals surface area contributed by atoms with Crippen LogP contribution in [0.3, 0.4) is 0 Å². The molecule has 0 bridgehead atoms. The number of nitrogens with one attached hydrogen (secondary N) is 2. The van der Waals surface area contributed by atoms with Gasteiger partial charge in [0.05, 0.1) is 11.1 Å². The van der Waals surface area contributed by atoms with E-state index in [1.807, 2.05) is 6.07 Å². The summed E-state index contributed by atoms with van der Waals surface area (Å²) in [5.74, 6) is -0.290. The van der Waals surface area contributed by atoms with Crippen LogP contribution in [0, 0.1) is 13.8 Å². The van der Waals surface area contributed by atoms with Crippen molar-refractivity contribution in [2.45, 2.75) is 13.8 Å². The summed E-state index contributed by atoms with van der Waals surface area (Å²) in [5, 5.41) is 0. The third-order valence-corrected chi connectivity index (χ3v) is 4.03. The molecule has 0 aliphatic heterocycles. The first kappa shape index (κ1) is 18.1. The SMILES string of the molecule is Cc1cc(C(=O)NNC(=O)c2ccccc2C(=O)c2ccccc2)c(C)o1. The highest BCUT2D eigenvalue weighted by molar-refractivity contribution is 6.15. The standard InChI is InChI=1S/C21H18N2O4/c1-13-12-18(14(2)27-13)21(26)23-22-20(25)17-11-7-6-10-16(17)19(24)15-8-4-3-5-9-15/h3-12H,1-2H3,(H,22,25)(H,23,26). The minimum Gasteiger partial charge on any atom is -0.466 e. The van der Waals surface area contributed by atoms with Gasteiger partial charge in [0.1, 0.15) is 11.5 Å². The van der Waals surface area contributed by atoms with Gasteiger partial charge >= 0.3 is 0 Å². The fourth-order valence-electron chi connectivity index (χ4n) is 2.73. The Morgan fingerprint density at radius 3 is 1.89 bits per heavy atom. The van der Waals surface area contributed by atoms with E-state index in [0.717, 1.165) is 0 Å². The summed E-state index contributed by atoms with van der Waals surface area (Å²) in [6.45, 7) is 3.39. The molecule has 3 rings (SSSR count). The maximum Gasteiger partial charge on any atom is 0.273 e. The first-order valence-corrected chi connectivity index (χ1v) is 8.34. The summed E-state index contributed by atoms with van der Waals surface area (Å²) in [7, 11) is 0. The van der Waals surface area contributed by atoms with Crippen LogP contribution >= 0.6 is 0 Å². The minimum atomic E-state index is -0.582. The minimum absolute atomic E-state index is 0.173. The van der Waals surface area contributed by atoms with Crippen molar-refractivity contribution in [3.63, 3.8) is 0 Å². The second-order valence-corrected chi connectivity index (χ2v) is 5.98. The van der Waals surface area contributed by atoms with Gasteiger partial charge in [-0.05, 0) is 26.0 Å². The van der Waals surface area contributed by atoms with E-state index in [1.54, 1.807) is 62.4 Å². The van der Waals surface area contributed by atoms with Crippen LogP contribution in [0.5, 0.6) is 0 Å². The molecule has 0 saturated carbocycles. The lowest BCUT2D eigenvalue weighted by molar-refractivity contribution is 0.0844. The van der Waals surface area contributed by atoms with Gasteiger partial charge in [-0.15, -0.1) is 0 Å². The Bertz CT molecular complexity index is 1010. The summed E-state index contributed by atoms with van der Waals surface area (Å²) >= 11 is 0. The molecule has 0 aliphatic carbocycles. The molecule has 0 saturated heterocycles. The molecule has 136 valence electrons. The summed E-state index contributed by atoms with van der Waals surface area (Å²) < 4.78 is 5.31. The highest BCUT2D eigenvalue weighted by Crippen LogP contribution is 2.15. The number of amides is 2. The van der Waals surface area contributed by atoms with Gasteiger partial charge in [-0.3, -0.25) is 25.2 Å². The molecular formula is C21H18N2O4. The number of rotatable bonds is 4. The normalized spacial score (nSPS) is 10.3. The molecule has 27 heavy (non-hydrogen) atoms. The van der Waals surface area contributed by atoms with Gasteiger partial charge in [0.2, 0.25) is 0 Å². The molecule has 2 N–H and O–H groups in total. The quantitative estimate of drug-likeness (QED) is 0.551. The molecule has 3 aromatic rings. The van der Waals surface area contributed by atoms with Gasteiger partial charge in [0.25, 0.3) is 11.8 Å². The van der Waals surface area contributed by atoms with Crippen molar-refractivity contribution in [2.75, 3.05) is 0 Å².